The van der Waals surface area contributed by atoms with Gasteiger partial charge in [0.1, 0.15) is 12.4 Å². The minimum atomic E-state index is -0.487. The Morgan fingerprint density at radius 2 is 1.96 bits per heavy atom. The highest BCUT2D eigenvalue weighted by Gasteiger charge is 2.36. The Bertz CT molecular complexity index is 743. The average Bonchev–Trinajstić information content (AvgIpc) is 3.08. The first kappa shape index (κ1) is 17.1. The van der Waals surface area contributed by atoms with Gasteiger partial charge in [-0.05, 0) is 25.8 Å². The average molecular weight is 341 g/mol. The summed E-state index contributed by atoms with van der Waals surface area (Å²) in [6.07, 6.45) is 2.39. The summed E-state index contributed by atoms with van der Waals surface area (Å²) in [5.74, 6) is 0.636. The summed E-state index contributed by atoms with van der Waals surface area (Å²) in [5, 5.41) is 7.95. The molecule has 132 valence electrons. The second-order valence-corrected chi connectivity index (χ2v) is 6.23. The first-order valence-electron chi connectivity index (χ1n) is 8.59. The van der Waals surface area contributed by atoms with Crippen molar-refractivity contribution in [2.75, 3.05) is 13.1 Å². The number of carbonyl (C=O) groups excluding carboxylic acids is 2. The number of rotatable bonds is 6. The summed E-state index contributed by atoms with van der Waals surface area (Å²) in [5.41, 5.74) is 1.16. The number of amides is 2. The smallest absolute Gasteiger partial charge is 0.245 e. The van der Waals surface area contributed by atoms with Crippen LogP contribution in [0.4, 0.5) is 0 Å². The number of aryl methyl sites for hydroxylation is 1. The highest BCUT2D eigenvalue weighted by atomic mass is 16.2. The van der Waals surface area contributed by atoms with Crippen molar-refractivity contribution < 1.29 is 9.59 Å². The van der Waals surface area contributed by atoms with E-state index in [-0.39, 0.29) is 18.4 Å². The SMILES string of the molecule is CCn1cnnc1CN1C(=O)CN(CCc2ccccc2)C(=O)[C@@H]1C. The van der Waals surface area contributed by atoms with Gasteiger partial charge in [-0.2, -0.15) is 0 Å². The summed E-state index contributed by atoms with van der Waals surface area (Å²) in [6.45, 7) is 5.49. The normalized spacial score (nSPS) is 18.1. The van der Waals surface area contributed by atoms with E-state index in [1.807, 2.05) is 41.8 Å². The molecule has 1 aliphatic heterocycles. The Labute approximate surface area is 147 Å². The van der Waals surface area contributed by atoms with Crippen LogP contribution in [0.1, 0.15) is 25.2 Å². The summed E-state index contributed by atoms with van der Waals surface area (Å²) in [6, 6.07) is 9.50. The van der Waals surface area contributed by atoms with Gasteiger partial charge in [-0.3, -0.25) is 9.59 Å². The van der Waals surface area contributed by atoms with Gasteiger partial charge in [-0.25, -0.2) is 0 Å². The van der Waals surface area contributed by atoms with Gasteiger partial charge >= 0.3 is 0 Å². The van der Waals surface area contributed by atoms with Crippen molar-refractivity contribution in [3.05, 3.63) is 48.0 Å². The zero-order valence-corrected chi connectivity index (χ0v) is 14.6. The molecular weight excluding hydrogens is 318 g/mol. The maximum atomic E-state index is 12.7. The van der Waals surface area contributed by atoms with Crippen molar-refractivity contribution >= 4 is 11.8 Å². The molecule has 0 unspecified atom stereocenters. The molecule has 0 aliphatic carbocycles. The Morgan fingerprint density at radius 1 is 1.20 bits per heavy atom. The zero-order chi connectivity index (χ0) is 17.8. The van der Waals surface area contributed by atoms with E-state index in [1.54, 1.807) is 23.1 Å². The molecule has 2 heterocycles. The van der Waals surface area contributed by atoms with Crippen molar-refractivity contribution in [3.63, 3.8) is 0 Å². The van der Waals surface area contributed by atoms with E-state index in [1.165, 1.54) is 0 Å². The van der Waals surface area contributed by atoms with Crippen molar-refractivity contribution in [2.24, 2.45) is 0 Å². The van der Waals surface area contributed by atoms with Crippen LogP contribution >= 0.6 is 0 Å². The Balaban J connectivity index is 1.65. The lowest BCUT2D eigenvalue weighted by Gasteiger charge is -2.38. The predicted molar refractivity (Wildman–Crippen MR) is 92.4 cm³/mol. The van der Waals surface area contributed by atoms with Gasteiger partial charge in [0, 0.05) is 13.1 Å². The molecule has 7 nitrogen and oxygen atoms in total. The third-order valence-electron chi connectivity index (χ3n) is 4.64. The molecule has 7 heteroatoms. The molecular formula is C18H23N5O2. The van der Waals surface area contributed by atoms with Gasteiger partial charge in [0.25, 0.3) is 0 Å². The molecule has 1 fully saturated rings. The quantitative estimate of drug-likeness (QED) is 0.789. The molecule has 2 aromatic rings. The largest absolute Gasteiger partial charge is 0.331 e. The molecule has 0 bridgehead atoms. The standard InChI is InChI=1S/C18H23N5O2/c1-3-21-13-19-20-16(21)11-23-14(2)18(25)22(12-17(23)24)10-9-15-7-5-4-6-8-15/h4-8,13-14H,3,9-12H2,1-2H3/t14-/m0/s1. The van der Waals surface area contributed by atoms with E-state index in [0.29, 0.717) is 18.9 Å². The topological polar surface area (TPSA) is 71.3 Å². The fourth-order valence-electron chi connectivity index (χ4n) is 3.09. The molecule has 0 radical (unpaired) electrons. The number of aromatic nitrogens is 3. The minimum Gasteiger partial charge on any atom is -0.331 e. The van der Waals surface area contributed by atoms with E-state index in [9.17, 15) is 9.59 Å². The van der Waals surface area contributed by atoms with Crippen LogP contribution in [0.15, 0.2) is 36.7 Å². The molecule has 0 saturated carbocycles. The van der Waals surface area contributed by atoms with Gasteiger partial charge in [0.15, 0.2) is 5.82 Å². The Morgan fingerprint density at radius 3 is 2.68 bits per heavy atom. The number of hydrogen-bond acceptors (Lipinski definition) is 4. The molecule has 2 amide bonds. The third kappa shape index (κ3) is 3.70. The fourth-order valence-corrected chi connectivity index (χ4v) is 3.09. The van der Waals surface area contributed by atoms with Crippen LogP contribution in [-0.2, 0) is 29.1 Å². The molecule has 1 aliphatic rings. The second-order valence-electron chi connectivity index (χ2n) is 6.23. The fraction of sp³-hybridized carbons (Fsp3) is 0.444. The van der Waals surface area contributed by atoms with Gasteiger partial charge in [0.2, 0.25) is 11.8 Å². The van der Waals surface area contributed by atoms with E-state index in [2.05, 4.69) is 10.2 Å². The Kier molecular flexibility index (Phi) is 5.11. The lowest BCUT2D eigenvalue weighted by molar-refractivity contribution is -0.155. The van der Waals surface area contributed by atoms with Crippen molar-refractivity contribution in [3.8, 4) is 0 Å². The number of hydrogen-bond donors (Lipinski definition) is 0. The summed E-state index contributed by atoms with van der Waals surface area (Å²) >= 11 is 0. The minimum absolute atomic E-state index is 0.0157. The third-order valence-corrected chi connectivity index (χ3v) is 4.64. The summed E-state index contributed by atoms with van der Waals surface area (Å²) in [7, 11) is 0. The molecule has 0 N–H and O–H groups in total. The highest BCUT2D eigenvalue weighted by molar-refractivity contribution is 5.94. The van der Waals surface area contributed by atoms with Crippen LogP contribution < -0.4 is 0 Å². The van der Waals surface area contributed by atoms with Gasteiger partial charge in [-0.1, -0.05) is 30.3 Å². The zero-order valence-electron chi connectivity index (χ0n) is 14.6. The second kappa shape index (κ2) is 7.46. The van der Waals surface area contributed by atoms with Crippen LogP contribution in [0, 0.1) is 0 Å². The lowest BCUT2D eigenvalue weighted by atomic mass is 10.1. The van der Waals surface area contributed by atoms with E-state index < -0.39 is 6.04 Å². The van der Waals surface area contributed by atoms with Crippen LogP contribution in [0.3, 0.4) is 0 Å². The van der Waals surface area contributed by atoms with Crippen LogP contribution in [0.2, 0.25) is 0 Å². The molecule has 1 saturated heterocycles. The Hall–Kier alpha value is -2.70. The molecule has 1 atom stereocenters. The number of nitrogens with zero attached hydrogens (tertiary/aromatic N) is 5. The van der Waals surface area contributed by atoms with Gasteiger partial charge < -0.3 is 14.4 Å². The molecule has 3 rings (SSSR count). The summed E-state index contributed by atoms with van der Waals surface area (Å²) in [4.78, 5) is 28.5. The monoisotopic (exact) mass is 341 g/mol. The first-order chi connectivity index (χ1) is 12.1. The maximum absolute atomic E-state index is 12.7. The van der Waals surface area contributed by atoms with Crippen LogP contribution in [0.5, 0.6) is 0 Å². The van der Waals surface area contributed by atoms with E-state index in [0.717, 1.165) is 18.5 Å². The predicted octanol–water partition coefficient (Wildman–Crippen LogP) is 1.10. The van der Waals surface area contributed by atoms with Crippen molar-refractivity contribution in [1.82, 2.24) is 24.6 Å². The molecule has 0 spiro atoms. The molecule has 1 aromatic carbocycles. The lowest BCUT2D eigenvalue weighted by Crippen LogP contribution is -2.58. The molecule has 25 heavy (non-hydrogen) atoms. The van der Waals surface area contributed by atoms with Crippen LogP contribution in [-0.4, -0.2) is 55.5 Å². The number of carbonyl (C=O) groups is 2. The van der Waals surface area contributed by atoms with Crippen LogP contribution in [0.25, 0.3) is 0 Å². The van der Waals surface area contributed by atoms with Gasteiger partial charge in [0.05, 0.1) is 13.1 Å². The van der Waals surface area contributed by atoms with E-state index >= 15 is 0 Å². The van der Waals surface area contributed by atoms with Gasteiger partial charge in [-0.15, -0.1) is 10.2 Å². The number of piperazine rings is 1. The number of benzene rings is 1. The molecule has 1 aromatic heterocycles. The highest BCUT2D eigenvalue weighted by Crippen LogP contribution is 2.16. The van der Waals surface area contributed by atoms with E-state index in [4.69, 9.17) is 0 Å². The van der Waals surface area contributed by atoms with Crippen molar-refractivity contribution in [2.45, 2.75) is 39.4 Å². The van der Waals surface area contributed by atoms with Crippen molar-refractivity contribution in [1.29, 1.82) is 0 Å². The first-order valence-corrected chi connectivity index (χ1v) is 8.59. The maximum Gasteiger partial charge on any atom is 0.245 e. The summed E-state index contributed by atoms with van der Waals surface area (Å²) < 4.78 is 1.88.